The van der Waals surface area contributed by atoms with Crippen LogP contribution in [-0.4, -0.2) is 9.97 Å². The van der Waals surface area contributed by atoms with E-state index in [0.717, 1.165) is 23.3 Å². The molecule has 0 saturated carbocycles. The highest BCUT2D eigenvalue weighted by molar-refractivity contribution is 7.09. The number of nitrogens with zero attached hydrogens (tertiary/aromatic N) is 2. The molecule has 2 aromatic heterocycles. The molecule has 0 aliphatic carbocycles. The highest BCUT2D eigenvalue weighted by Crippen LogP contribution is 2.23. The second-order valence-electron chi connectivity index (χ2n) is 4.12. The van der Waals surface area contributed by atoms with E-state index in [4.69, 9.17) is 0 Å². The molecule has 0 radical (unpaired) electrons. The number of thiazole rings is 1. The lowest BCUT2D eigenvalue weighted by Crippen LogP contribution is -1.99. The van der Waals surface area contributed by atoms with Crippen LogP contribution in [0.1, 0.15) is 10.6 Å². The molecule has 3 nitrogen and oxygen atoms in total. The van der Waals surface area contributed by atoms with Gasteiger partial charge in [0.2, 0.25) is 0 Å². The molecule has 3 rings (SSSR count). The van der Waals surface area contributed by atoms with Crippen LogP contribution >= 0.6 is 11.3 Å². The van der Waals surface area contributed by atoms with Crippen LogP contribution in [0, 0.1) is 6.92 Å². The number of nitrogens with one attached hydrogen (secondary N) is 1. The van der Waals surface area contributed by atoms with E-state index in [1.54, 1.807) is 11.3 Å². The number of rotatable bonds is 3. The van der Waals surface area contributed by atoms with Crippen molar-refractivity contribution >= 4 is 27.8 Å². The second kappa shape index (κ2) is 4.74. The number of fused-ring (bicyclic) bond motifs is 1. The molecule has 0 spiro atoms. The first-order valence-corrected chi connectivity index (χ1v) is 6.68. The van der Waals surface area contributed by atoms with Gasteiger partial charge in [0.25, 0.3) is 0 Å². The van der Waals surface area contributed by atoms with Crippen molar-refractivity contribution in [2.24, 2.45) is 0 Å². The fourth-order valence-corrected chi connectivity index (χ4v) is 2.66. The predicted molar refractivity (Wildman–Crippen MR) is 75.9 cm³/mol. The maximum absolute atomic E-state index is 4.26. The van der Waals surface area contributed by atoms with Crippen LogP contribution in [0.4, 0.5) is 5.69 Å². The van der Waals surface area contributed by atoms with Crippen molar-refractivity contribution in [1.82, 2.24) is 9.97 Å². The topological polar surface area (TPSA) is 37.8 Å². The van der Waals surface area contributed by atoms with Gasteiger partial charge in [0, 0.05) is 33.7 Å². The number of pyridine rings is 1. The summed E-state index contributed by atoms with van der Waals surface area (Å²) in [7, 11) is 0. The van der Waals surface area contributed by atoms with Gasteiger partial charge in [-0.2, -0.15) is 0 Å². The van der Waals surface area contributed by atoms with Crippen LogP contribution in [0.3, 0.4) is 0 Å². The fourth-order valence-electron chi connectivity index (χ4n) is 1.95. The Morgan fingerprint density at radius 2 is 2.22 bits per heavy atom. The van der Waals surface area contributed by atoms with Crippen LogP contribution in [0.2, 0.25) is 0 Å². The minimum atomic E-state index is 0.817. The fraction of sp³-hybridized carbons (Fsp3) is 0.143. The van der Waals surface area contributed by atoms with E-state index in [9.17, 15) is 0 Å². The minimum Gasteiger partial charge on any atom is -0.380 e. The molecule has 90 valence electrons. The van der Waals surface area contributed by atoms with Crippen LogP contribution in [0.5, 0.6) is 0 Å². The summed E-state index contributed by atoms with van der Waals surface area (Å²) >= 11 is 1.69. The molecule has 0 saturated heterocycles. The van der Waals surface area contributed by atoms with Gasteiger partial charge in [-0.25, -0.2) is 4.98 Å². The highest BCUT2D eigenvalue weighted by Gasteiger charge is 2.03. The lowest BCUT2D eigenvalue weighted by atomic mass is 10.1. The van der Waals surface area contributed by atoms with Crippen LogP contribution in [0.25, 0.3) is 10.8 Å². The Morgan fingerprint density at radius 3 is 3.06 bits per heavy atom. The van der Waals surface area contributed by atoms with Gasteiger partial charge in [0.15, 0.2) is 0 Å². The number of aromatic nitrogens is 2. The van der Waals surface area contributed by atoms with E-state index in [1.165, 1.54) is 10.3 Å². The summed E-state index contributed by atoms with van der Waals surface area (Å²) in [5.74, 6) is 0. The number of hydrogen-bond acceptors (Lipinski definition) is 4. The minimum absolute atomic E-state index is 0.817. The maximum atomic E-state index is 4.26. The van der Waals surface area contributed by atoms with Gasteiger partial charge in [0.05, 0.1) is 17.7 Å². The molecule has 4 heteroatoms. The van der Waals surface area contributed by atoms with Crippen molar-refractivity contribution in [2.45, 2.75) is 13.5 Å². The molecule has 1 N–H and O–H groups in total. The second-order valence-corrected chi connectivity index (χ2v) is 5.06. The smallest absolute Gasteiger partial charge is 0.0798 e. The third-order valence-electron chi connectivity index (χ3n) is 2.96. The van der Waals surface area contributed by atoms with Crippen LogP contribution < -0.4 is 5.32 Å². The summed E-state index contributed by atoms with van der Waals surface area (Å²) in [5, 5.41) is 5.83. The largest absolute Gasteiger partial charge is 0.380 e. The van der Waals surface area contributed by atoms with Crippen molar-refractivity contribution in [3.05, 3.63) is 52.7 Å². The van der Waals surface area contributed by atoms with Crippen LogP contribution in [-0.2, 0) is 6.54 Å². The molecule has 0 bridgehead atoms. The molecule has 0 unspecified atom stereocenters. The van der Waals surface area contributed by atoms with Crippen molar-refractivity contribution in [3.8, 4) is 0 Å². The molecular formula is C14H13N3S. The average Bonchev–Trinajstić information content (AvgIpc) is 2.82. The zero-order valence-electron chi connectivity index (χ0n) is 10.1. The zero-order chi connectivity index (χ0) is 12.4. The first-order valence-electron chi connectivity index (χ1n) is 5.80. The van der Waals surface area contributed by atoms with Gasteiger partial charge in [-0.05, 0) is 19.1 Å². The molecule has 3 aromatic rings. The van der Waals surface area contributed by atoms with E-state index in [0.29, 0.717) is 0 Å². The van der Waals surface area contributed by atoms with Gasteiger partial charge in [-0.15, -0.1) is 11.3 Å². The van der Waals surface area contributed by atoms with E-state index in [1.807, 2.05) is 37.0 Å². The van der Waals surface area contributed by atoms with Crippen molar-refractivity contribution in [3.63, 3.8) is 0 Å². The molecule has 0 aliphatic rings. The van der Waals surface area contributed by atoms with Gasteiger partial charge >= 0.3 is 0 Å². The Balaban J connectivity index is 1.89. The Kier molecular flexibility index (Phi) is 2.94. The molecule has 1 aromatic carbocycles. The standard InChI is InChI=1S/C14H13N3S/c1-10-14(18-9-17-10)8-16-13-4-2-3-11-7-15-6-5-12(11)13/h2-7,9,16H,8H2,1H3. The Hall–Kier alpha value is -1.94. The normalized spacial score (nSPS) is 10.7. The summed E-state index contributed by atoms with van der Waals surface area (Å²) < 4.78 is 0. The lowest BCUT2D eigenvalue weighted by Gasteiger charge is -2.08. The third kappa shape index (κ3) is 2.07. The molecule has 2 heterocycles. The highest BCUT2D eigenvalue weighted by atomic mass is 32.1. The molecule has 0 amide bonds. The predicted octanol–water partition coefficient (Wildman–Crippen LogP) is 3.61. The first-order chi connectivity index (χ1) is 8.84. The third-order valence-corrected chi connectivity index (χ3v) is 3.90. The van der Waals surface area contributed by atoms with Crippen molar-refractivity contribution < 1.29 is 0 Å². The van der Waals surface area contributed by atoms with Gasteiger partial charge in [0.1, 0.15) is 0 Å². The summed E-state index contributed by atoms with van der Waals surface area (Å²) in [6, 6.07) is 8.26. The Labute approximate surface area is 110 Å². The summed E-state index contributed by atoms with van der Waals surface area (Å²) in [5.41, 5.74) is 4.14. The monoisotopic (exact) mass is 255 g/mol. The van der Waals surface area contributed by atoms with Gasteiger partial charge in [-0.1, -0.05) is 12.1 Å². The van der Waals surface area contributed by atoms with Crippen LogP contribution in [0.15, 0.2) is 42.2 Å². The van der Waals surface area contributed by atoms with Gasteiger partial charge in [-0.3, -0.25) is 4.98 Å². The quantitative estimate of drug-likeness (QED) is 0.777. The Morgan fingerprint density at radius 1 is 1.28 bits per heavy atom. The summed E-state index contributed by atoms with van der Waals surface area (Å²) in [4.78, 5) is 9.68. The molecule has 18 heavy (non-hydrogen) atoms. The van der Waals surface area contributed by atoms with E-state index >= 15 is 0 Å². The first kappa shape index (κ1) is 11.2. The number of aryl methyl sites for hydroxylation is 1. The summed E-state index contributed by atoms with van der Waals surface area (Å²) in [6.45, 7) is 2.86. The molecule has 0 aliphatic heterocycles. The zero-order valence-corrected chi connectivity index (χ0v) is 10.9. The lowest BCUT2D eigenvalue weighted by molar-refractivity contribution is 1.12. The Bertz CT molecular complexity index is 670. The van der Waals surface area contributed by atoms with E-state index < -0.39 is 0 Å². The number of hydrogen-bond donors (Lipinski definition) is 1. The molecule has 0 atom stereocenters. The van der Waals surface area contributed by atoms with Gasteiger partial charge < -0.3 is 5.32 Å². The summed E-state index contributed by atoms with van der Waals surface area (Å²) in [6.07, 6.45) is 3.71. The van der Waals surface area contributed by atoms with Crippen molar-refractivity contribution in [1.29, 1.82) is 0 Å². The van der Waals surface area contributed by atoms with Crippen molar-refractivity contribution in [2.75, 3.05) is 5.32 Å². The number of benzene rings is 1. The molecule has 0 fully saturated rings. The maximum Gasteiger partial charge on any atom is 0.0798 e. The SMILES string of the molecule is Cc1ncsc1CNc1cccc2cnccc12. The van der Waals surface area contributed by atoms with E-state index in [-0.39, 0.29) is 0 Å². The molecular weight excluding hydrogens is 242 g/mol. The van der Waals surface area contributed by atoms with E-state index in [2.05, 4.69) is 27.4 Å². The average molecular weight is 255 g/mol. The number of anilines is 1.